The number of nitrogens with one attached hydrogen (secondary N) is 1. The van der Waals surface area contributed by atoms with Crippen molar-refractivity contribution in [2.24, 2.45) is 5.84 Å². The predicted molar refractivity (Wildman–Crippen MR) is 70.7 cm³/mol. The van der Waals surface area contributed by atoms with Crippen LogP contribution in [0.4, 0.5) is 0 Å². The van der Waals surface area contributed by atoms with Crippen molar-refractivity contribution in [3.8, 4) is 0 Å². The molecule has 1 rings (SSSR count). The van der Waals surface area contributed by atoms with Gasteiger partial charge in [0.15, 0.2) is 0 Å². The maximum atomic E-state index is 5.35. The van der Waals surface area contributed by atoms with E-state index < -0.39 is 0 Å². The van der Waals surface area contributed by atoms with Crippen LogP contribution in [0.15, 0.2) is 30.5 Å². The van der Waals surface area contributed by atoms with Crippen LogP contribution in [-0.2, 0) is 0 Å². The van der Waals surface area contributed by atoms with E-state index in [1.165, 1.54) is 16.7 Å². The fourth-order valence-corrected chi connectivity index (χ4v) is 1.75. The molecule has 0 fully saturated rings. The standard InChI is InChI=1S/C14H22N2/c1-4-5-14(10-16-15)13-8-6-12(7-9-13)11(2)3/h6-11,16H,4-5,15H2,1-3H3/b14-10+. The van der Waals surface area contributed by atoms with Gasteiger partial charge in [0.2, 0.25) is 0 Å². The third-order valence-corrected chi connectivity index (χ3v) is 2.73. The first-order chi connectivity index (χ1) is 7.69. The van der Waals surface area contributed by atoms with Crippen molar-refractivity contribution in [3.05, 3.63) is 41.6 Å². The molecule has 0 spiro atoms. The van der Waals surface area contributed by atoms with Crippen LogP contribution < -0.4 is 11.3 Å². The number of hydrogen-bond acceptors (Lipinski definition) is 2. The summed E-state index contributed by atoms with van der Waals surface area (Å²) >= 11 is 0. The normalized spacial score (nSPS) is 11.9. The molecular formula is C14H22N2. The molecule has 1 aromatic rings. The van der Waals surface area contributed by atoms with Gasteiger partial charge in [-0.3, -0.25) is 5.84 Å². The Labute approximate surface area is 98.5 Å². The van der Waals surface area contributed by atoms with Gasteiger partial charge in [-0.2, -0.15) is 0 Å². The average Bonchev–Trinajstić information content (AvgIpc) is 2.29. The molecule has 0 amide bonds. The number of allylic oxidation sites excluding steroid dienone is 1. The van der Waals surface area contributed by atoms with Crippen molar-refractivity contribution in [2.75, 3.05) is 0 Å². The van der Waals surface area contributed by atoms with E-state index in [4.69, 9.17) is 5.84 Å². The quantitative estimate of drug-likeness (QED) is 0.587. The van der Waals surface area contributed by atoms with Crippen LogP contribution in [0.1, 0.15) is 50.7 Å². The minimum absolute atomic E-state index is 0.584. The Balaban J connectivity index is 2.90. The summed E-state index contributed by atoms with van der Waals surface area (Å²) in [6.07, 6.45) is 4.05. The molecular weight excluding hydrogens is 196 g/mol. The van der Waals surface area contributed by atoms with Gasteiger partial charge < -0.3 is 5.43 Å². The lowest BCUT2D eigenvalue weighted by Gasteiger charge is -2.09. The number of hydrazine groups is 1. The van der Waals surface area contributed by atoms with Crippen molar-refractivity contribution in [2.45, 2.75) is 39.5 Å². The third kappa shape index (κ3) is 3.38. The van der Waals surface area contributed by atoms with Gasteiger partial charge in [-0.05, 0) is 29.0 Å². The lowest BCUT2D eigenvalue weighted by molar-refractivity contribution is 0.866. The van der Waals surface area contributed by atoms with Gasteiger partial charge in [0.1, 0.15) is 0 Å². The topological polar surface area (TPSA) is 38.0 Å². The zero-order chi connectivity index (χ0) is 12.0. The van der Waals surface area contributed by atoms with Crippen molar-refractivity contribution >= 4 is 5.57 Å². The Morgan fingerprint density at radius 3 is 2.38 bits per heavy atom. The Hall–Kier alpha value is -1.28. The lowest BCUT2D eigenvalue weighted by atomic mass is 9.97. The molecule has 2 heteroatoms. The summed E-state index contributed by atoms with van der Waals surface area (Å²) in [5.41, 5.74) is 6.52. The van der Waals surface area contributed by atoms with Crippen LogP contribution in [0.2, 0.25) is 0 Å². The fourth-order valence-electron chi connectivity index (χ4n) is 1.75. The van der Waals surface area contributed by atoms with Crippen LogP contribution >= 0.6 is 0 Å². The second-order valence-corrected chi connectivity index (χ2v) is 4.36. The van der Waals surface area contributed by atoms with Crippen molar-refractivity contribution in [1.29, 1.82) is 0 Å². The van der Waals surface area contributed by atoms with E-state index in [-0.39, 0.29) is 0 Å². The lowest BCUT2D eigenvalue weighted by Crippen LogP contribution is -2.14. The van der Waals surface area contributed by atoms with Crippen molar-refractivity contribution in [1.82, 2.24) is 5.43 Å². The maximum Gasteiger partial charge on any atom is 0.0161 e. The zero-order valence-corrected chi connectivity index (χ0v) is 10.5. The second kappa shape index (κ2) is 6.33. The summed E-state index contributed by atoms with van der Waals surface area (Å²) in [4.78, 5) is 0. The van der Waals surface area contributed by atoms with Crippen molar-refractivity contribution < 1.29 is 0 Å². The summed E-state index contributed by atoms with van der Waals surface area (Å²) in [7, 11) is 0. The molecule has 0 bridgehead atoms. The van der Waals surface area contributed by atoms with Crippen LogP contribution in [-0.4, -0.2) is 0 Å². The largest absolute Gasteiger partial charge is 0.331 e. The number of hydrogen-bond donors (Lipinski definition) is 2. The highest BCUT2D eigenvalue weighted by Gasteiger charge is 2.02. The molecule has 0 aromatic heterocycles. The van der Waals surface area contributed by atoms with Gasteiger partial charge in [0.25, 0.3) is 0 Å². The highest BCUT2D eigenvalue weighted by Crippen LogP contribution is 2.22. The molecule has 0 saturated carbocycles. The summed E-state index contributed by atoms with van der Waals surface area (Å²) in [6, 6.07) is 8.74. The van der Waals surface area contributed by atoms with E-state index in [1.54, 1.807) is 0 Å². The second-order valence-electron chi connectivity index (χ2n) is 4.36. The number of rotatable bonds is 5. The van der Waals surface area contributed by atoms with Gasteiger partial charge in [0, 0.05) is 6.20 Å². The van der Waals surface area contributed by atoms with Gasteiger partial charge >= 0.3 is 0 Å². The molecule has 0 unspecified atom stereocenters. The van der Waals surface area contributed by atoms with Crippen molar-refractivity contribution in [3.63, 3.8) is 0 Å². The minimum atomic E-state index is 0.584. The first-order valence-corrected chi connectivity index (χ1v) is 5.94. The van der Waals surface area contributed by atoms with E-state index in [1.807, 2.05) is 6.20 Å². The SMILES string of the molecule is CCC/C(=C\NN)c1ccc(C(C)C)cc1. The smallest absolute Gasteiger partial charge is 0.0161 e. The van der Waals surface area contributed by atoms with E-state index in [9.17, 15) is 0 Å². The number of nitrogens with two attached hydrogens (primary N) is 1. The van der Waals surface area contributed by atoms with Crippen LogP contribution in [0, 0.1) is 0 Å². The molecule has 0 atom stereocenters. The summed E-state index contributed by atoms with van der Waals surface area (Å²) < 4.78 is 0. The van der Waals surface area contributed by atoms with Gasteiger partial charge in [-0.25, -0.2) is 0 Å². The summed E-state index contributed by atoms with van der Waals surface area (Å²) in [5.74, 6) is 5.93. The zero-order valence-electron chi connectivity index (χ0n) is 10.5. The molecule has 0 aliphatic rings. The highest BCUT2D eigenvalue weighted by molar-refractivity contribution is 5.65. The summed E-state index contributed by atoms with van der Waals surface area (Å²) in [6.45, 7) is 6.59. The van der Waals surface area contributed by atoms with E-state index in [2.05, 4.69) is 50.5 Å². The Morgan fingerprint density at radius 2 is 1.94 bits per heavy atom. The fraction of sp³-hybridized carbons (Fsp3) is 0.429. The first kappa shape index (κ1) is 12.8. The Kier molecular flexibility index (Phi) is 5.06. The van der Waals surface area contributed by atoms with Crippen LogP contribution in [0.3, 0.4) is 0 Å². The highest BCUT2D eigenvalue weighted by atomic mass is 15.2. The average molecular weight is 218 g/mol. The van der Waals surface area contributed by atoms with E-state index in [0.717, 1.165) is 12.8 Å². The molecule has 1 aromatic carbocycles. The number of benzene rings is 1. The molecule has 0 saturated heterocycles. The molecule has 2 nitrogen and oxygen atoms in total. The Bertz CT molecular complexity index is 336. The first-order valence-electron chi connectivity index (χ1n) is 5.94. The predicted octanol–water partition coefficient (Wildman–Crippen LogP) is 3.41. The molecule has 0 aliphatic carbocycles. The molecule has 0 aliphatic heterocycles. The summed E-state index contributed by atoms with van der Waals surface area (Å²) in [5, 5.41) is 0. The Morgan fingerprint density at radius 1 is 1.31 bits per heavy atom. The van der Waals surface area contributed by atoms with Crippen LogP contribution in [0.5, 0.6) is 0 Å². The minimum Gasteiger partial charge on any atom is -0.331 e. The molecule has 3 N–H and O–H groups in total. The van der Waals surface area contributed by atoms with E-state index >= 15 is 0 Å². The maximum absolute atomic E-state index is 5.35. The molecule has 0 radical (unpaired) electrons. The van der Waals surface area contributed by atoms with E-state index in [0.29, 0.717) is 5.92 Å². The molecule has 88 valence electrons. The monoisotopic (exact) mass is 218 g/mol. The van der Waals surface area contributed by atoms with Gasteiger partial charge in [0.05, 0.1) is 0 Å². The third-order valence-electron chi connectivity index (χ3n) is 2.73. The van der Waals surface area contributed by atoms with Gasteiger partial charge in [-0.15, -0.1) is 0 Å². The van der Waals surface area contributed by atoms with Gasteiger partial charge in [-0.1, -0.05) is 51.5 Å². The molecule has 16 heavy (non-hydrogen) atoms. The molecule has 0 heterocycles. The van der Waals surface area contributed by atoms with Crippen LogP contribution in [0.25, 0.3) is 5.57 Å².